The highest BCUT2D eigenvalue weighted by molar-refractivity contribution is 6.95. The molecule has 0 bridgehead atoms. The summed E-state index contributed by atoms with van der Waals surface area (Å²) in [5.41, 5.74) is 8.12. The number of hydrogen-bond donors (Lipinski definition) is 0. The molecule has 4 nitrogen and oxygen atoms in total. The van der Waals surface area contributed by atoms with Gasteiger partial charge in [-0.2, -0.15) is 0 Å². The second-order valence-corrected chi connectivity index (χ2v) is 33.6. The molecule has 0 aliphatic heterocycles. The van der Waals surface area contributed by atoms with E-state index >= 15 is 0 Å². The van der Waals surface area contributed by atoms with Crippen molar-refractivity contribution in [2.24, 2.45) is 0 Å². The molecule has 0 heterocycles. The van der Waals surface area contributed by atoms with Gasteiger partial charge in [0.15, 0.2) is 25.1 Å². The zero-order valence-corrected chi connectivity index (χ0v) is 45.0. The van der Waals surface area contributed by atoms with Crippen LogP contribution in [0, 0.1) is 0 Å². The Morgan fingerprint density at radius 2 is 0.486 bits per heavy atom. The first-order valence-electron chi connectivity index (χ1n) is 25.4. The molecule has 0 aliphatic rings. The van der Waals surface area contributed by atoms with Gasteiger partial charge in [-0.3, -0.25) is 19.2 Å². The van der Waals surface area contributed by atoms with Gasteiger partial charge in [0.2, 0.25) is 0 Å². The average molecular weight is 955 g/mol. The highest BCUT2D eigenvalue weighted by Crippen LogP contribution is 2.45. The van der Waals surface area contributed by atoms with Crippen molar-refractivity contribution in [2.75, 3.05) is 0 Å². The molecule has 354 valence electrons. The highest BCUT2D eigenvalue weighted by Gasteiger charge is 2.45. The molecule has 0 radical (unpaired) electrons. The normalized spacial score (nSPS) is 12.7. The molecule has 9 aromatic carbocycles. The highest BCUT2D eigenvalue weighted by atomic mass is 28.3. The van der Waals surface area contributed by atoms with Gasteiger partial charge in [0, 0.05) is 22.3 Å². The Labute approximate surface area is 415 Å². The van der Waals surface area contributed by atoms with Gasteiger partial charge >= 0.3 is 0 Å². The van der Waals surface area contributed by atoms with E-state index in [1.807, 2.05) is 60.7 Å². The van der Waals surface area contributed by atoms with Crippen LogP contribution in [0.5, 0.6) is 0 Å². The average Bonchev–Trinajstić information content (AvgIpc) is 3.34. The third kappa shape index (κ3) is 7.11. The number of aldehydes is 4. The zero-order chi connectivity index (χ0) is 50.1. The summed E-state index contributed by atoms with van der Waals surface area (Å²) in [5, 5.41) is 14.3. The Morgan fingerprint density at radius 1 is 0.271 bits per heavy atom. The molecule has 0 fully saturated rings. The molecule has 70 heavy (non-hydrogen) atoms. The van der Waals surface area contributed by atoms with Crippen molar-refractivity contribution in [1.29, 1.82) is 0 Å². The number of carbonyl (C=O) groups is 4. The fourth-order valence-electron chi connectivity index (χ4n) is 14.6. The van der Waals surface area contributed by atoms with Crippen LogP contribution >= 0.6 is 0 Å². The van der Waals surface area contributed by atoms with Gasteiger partial charge in [0.1, 0.15) is 0 Å². The summed E-state index contributed by atoms with van der Waals surface area (Å²) in [6.45, 7) is 28.6. The van der Waals surface area contributed by atoms with Crippen molar-refractivity contribution >= 4 is 116 Å². The molecular weight excluding hydrogens is 889 g/mol. The summed E-state index contributed by atoms with van der Waals surface area (Å²) in [7, 11) is -3.91. The largest absolute Gasteiger partial charge is 0.298 e. The van der Waals surface area contributed by atoms with Crippen molar-refractivity contribution < 1.29 is 19.2 Å². The molecule has 0 saturated heterocycles. The third-order valence-electron chi connectivity index (χ3n) is 17.2. The Morgan fingerprint density at radius 3 is 0.729 bits per heavy atom. The van der Waals surface area contributed by atoms with Crippen LogP contribution in [0.2, 0.25) is 33.2 Å². The molecule has 0 unspecified atom stereocenters. The van der Waals surface area contributed by atoms with Crippen LogP contribution in [-0.4, -0.2) is 41.3 Å². The molecule has 0 atom stereocenters. The molecule has 0 spiro atoms. The van der Waals surface area contributed by atoms with Gasteiger partial charge < -0.3 is 0 Å². The Kier molecular flexibility index (Phi) is 12.8. The van der Waals surface area contributed by atoms with Crippen LogP contribution in [0.25, 0.3) is 86.9 Å². The topological polar surface area (TPSA) is 68.3 Å². The second kappa shape index (κ2) is 18.4. The number of benzene rings is 9. The lowest BCUT2D eigenvalue weighted by atomic mass is 9.86. The fourth-order valence-corrected chi connectivity index (χ4v) is 28.1. The van der Waals surface area contributed by atoms with E-state index < -0.39 is 16.1 Å². The SMILES string of the molecule is CC(C)[Si](c1ccc2ccc3c(C=O)c(-c4ccc5c(ccc6c(C=O)c(-c7ccc8c(ccc9ccc([Si](C(C)C)(C(C)C)C(C)C)cc98)c7C=O)ccc65)c4C=O)ccc3c2c1)(C(C)C)C(C)C. The van der Waals surface area contributed by atoms with E-state index in [9.17, 15) is 19.2 Å². The molecule has 0 saturated carbocycles. The lowest BCUT2D eigenvalue weighted by Gasteiger charge is -2.44. The van der Waals surface area contributed by atoms with Crippen molar-refractivity contribution in [1.82, 2.24) is 0 Å². The summed E-state index contributed by atoms with van der Waals surface area (Å²) in [4.78, 5) is 53.1. The first-order chi connectivity index (χ1) is 33.5. The minimum atomic E-state index is -1.96. The van der Waals surface area contributed by atoms with Crippen molar-refractivity contribution in [2.45, 2.75) is 116 Å². The smallest absolute Gasteiger partial charge is 0.151 e. The van der Waals surface area contributed by atoms with Crippen molar-refractivity contribution in [3.63, 3.8) is 0 Å². The van der Waals surface area contributed by atoms with Crippen molar-refractivity contribution in [3.8, 4) is 22.3 Å². The van der Waals surface area contributed by atoms with Crippen LogP contribution in [0.3, 0.4) is 0 Å². The fraction of sp³-hybridized carbons (Fsp3) is 0.281. The zero-order valence-electron chi connectivity index (χ0n) is 43.0. The minimum absolute atomic E-state index is 0.478. The molecule has 0 aromatic heterocycles. The number of rotatable bonds is 14. The van der Waals surface area contributed by atoms with Crippen LogP contribution in [-0.2, 0) is 0 Å². The first-order valence-corrected chi connectivity index (χ1v) is 29.8. The number of fused-ring (bicyclic) bond motifs is 9. The summed E-state index contributed by atoms with van der Waals surface area (Å²) < 4.78 is 0. The van der Waals surface area contributed by atoms with Gasteiger partial charge in [-0.25, -0.2) is 0 Å². The molecule has 0 amide bonds. The first kappa shape index (κ1) is 48.7. The molecular formula is C64H66O4Si2. The monoisotopic (exact) mass is 954 g/mol. The Bertz CT molecular complexity index is 3330. The molecule has 9 aromatic rings. The quantitative estimate of drug-likeness (QED) is 0.0619. The maximum absolute atomic E-state index is 13.3. The summed E-state index contributed by atoms with van der Waals surface area (Å²) >= 11 is 0. The van der Waals surface area contributed by atoms with Crippen LogP contribution in [0.15, 0.2) is 121 Å². The summed E-state index contributed by atoms with van der Waals surface area (Å²) in [5.74, 6) is 0. The van der Waals surface area contributed by atoms with E-state index in [4.69, 9.17) is 0 Å². The second-order valence-electron chi connectivity index (χ2n) is 21.8. The Balaban J connectivity index is 1.17. The van der Waals surface area contributed by atoms with Gasteiger partial charge in [-0.15, -0.1) is 0 Å². The van der Waals surface area contributed by atoms with E-state index in [0.29, 0.717) is 77.8 Å². The molecule has 6 heteroatoms. The summed E-state index contributed by atoms with van der Waals surface area (Å²) in [6.07, 6.45) is 3.62. The van der Waals surface area contributed by atoms with Crippen LogP contribution < -0.4 is 10.4 Å². The Hall–Kier alpha value is -6.35. The maximum Gasteiger partial charge on any atom is 0.151 e. The predicted octanol–water partition coefficient (Wildman–Crippen LogP) is 17.0. The van der Waals surface area contributed by atoms with Gasteiger partial charge in [0.25, 0.3) is 0 Å². The maximum atomic E-state index is 13.3. The predicted molar refractivity (Wildman–Crippen MR) is 305 cm³/mol. The van der Waals surface area contributed by atoms with E-state index in [0.717, 1.165) is 89.8 Å². The van der Waals surface area contributed by atoms with Gasteiger partial charge in [-0.1, -0.05) is 215 Å². The number of hydrogen-bond acceptors (Lipinski definition) is 4. The summed E-state index contributed by atoms with van der Waals surface area (Å²) in [6, 6.07) is 42.2. The number of carbonyl (C=O) groups excluding carboxylic acids is 4. The molecule has 9 rings (SSSR count). The lowest BCUT2D eigenvalue weighted by molar-refractivity contribution is 0.111. The van der Waals surface area contributed by atoms with Gasteiger partial charge in [0.05, 0.1) is 16.1 Å². The van der Waals surface area contributed by atoms with Crippen LogP contribution in [0.1, 0.15) is 125 Å². The van der Waals surface area contributed by atoms with E-state index in [2.05, 4.69) is 144 Å². The van der Waals surface area contributed by atoms with E-state index in [-0.39, 0.29) is 0 Å². The van der Waals surface area contributed by atoms with Gasteiger partial charge in [-0.05, 0) is 120 Å². The molecule has 0 aliphatic carbocycles. The molecule has 0 N–H and O–H groups in total. The van der Waals surface area contributed by atoms with Crippen molar-refractivity contribution in [3.05, 3.63) is 144 Å². The minimum Gasteiger partial charge on any atom is -0.298 e. The lowest BCUT2D eigenvalue weighted by Crippen LogP contribution is -2.55. The standard InChI is InChI=1S/C64H66O4Si2/c1-37(2)69(38(3)4,39(5)6)45-17-13-43-15-19-51-49(59(43)31-45)23-27-57(61(51)33-65)55-25-21-47-48-22-26-56(64(36-68)54(48)30-29-53(47)63(55)35-67)58-28-24-50-52(62(58)34-66)20-16-44-14-18-46(32-60(44)50)70(40(7)8,41(9)10)42(11)12/h13-42H,1-12H3. The van der Waals surface area contributed by atoms with E-state index in [1.54, 1.807) is 0 Å². The van der Waals surface area contributed by atoms with E-state index in [1.165, 1.54) is 10.4 Å². The van der Waals surface area contributed by atoms with Crippen LogP contribution in [0.4, 0.5) is 0 Å². The third-order valence-corrected chi connectivity index (χ3v) is 31.3.